The molecule has 0 spiro atoms. The summed E-state index contributed by atoms with van der Waals surface area (Å²) in [5, 5.41) is 8.79. The Morgan fingerprint density at radius 3 is 2.57 bits per heavy atom. The van der Waals surface area contributed by atoms with Crippen molar-refractivity contribution in [2.24, 2.45) is 0 Å². The maximum Gasteiger partial charge on any atom is 0.317 e. The summed E-state index contributed by atoms with van der Waals surface area (Å²) in [5.41, 5.74) is 0.903. The molecule has 1 fully saturated rings. The Balaban J connectivity index is 1.97. The van der Waals surface area contributed by atoms with Gasteiger partial charge >= 0.3 is 5.97 Å². The van der Waals surface area contributed by atoms with E-state index < -0.39 is 5.97 Å². The highest BCUT2D eigenvalue weighted by Gasteiger charge is 2.23. The second kappa shape index (κ2) is 6.87. The first kappa shape index (κ1) is 15.7. The predicted molar refractivity (Wildman–Crippen MR) is 77.0 cm³/mol. The van der Waals surface area contributed by atoms with Gasteiger partial charge in [-0.1, -0.05) is 6.07 Å². The zero-order valence-corrected chi connectivity index (χ0v) is 12.4. The normalized spacial score (nSPS) is 18.4. The second-order valence-corrected chi connectivity index (χ2v) is 5.28. The number of benzene rings is 1. The number of aliphatic carboxylic acids is 1. The van der Waals surface area contributed by atoms with E-state index in [0.717, 1.165) is 31.7 Å². The van der Waals surface area contributed by atoms with Crippen molar-refractivity contribution in [1.82, 2.24) is 9.80 Å². The van der Waals surface area contributed by atoms with Crippen molar-refractivity contribution >= 4 is 5.97 Å². The molecule has 1 unspecified atom stereocenters. The Labute approximate surface area is 123 Å². The molecule has 1 aromatic rings. The van der Waals surface area contributed by atoms with Crippen LogP contribution in [0.25, 0.3) is 0 Å². The lowest BCUT2D eigenvalue weighted by Crippen LogP contribution is -2.48. The average molecular weight is 296 g/mol. The minimum atomic E-state index is -0.797. The van der Waals surface area contributed by atoms with Gasteiger partial charge in [-0.15, -0.1) is 0 Å². The van der Waals surface area contributed by atoms with Crippen LogP contribution in [0.3, 0.4) is 0 Å². The van der Waals surface area contributed by atoms with Crippen molar-refractivity contribution in [3.8, 4) is 5.75 Å². The van der Waals surface area contributed by atoms with E-state index in [0.29, 0.717) is 0 Å². The van der Waals surface area contributed by atoms with Crippen LogP contribution in [0.15, 0.2) is 18.2 Å². The van der Waals surface area contributed by atoms with Crippen molar-refractivity contribution < 1.29 is 19.0 Å². The molecule has 1 saturated heterocycles. The highest BCUT2D eigenvalue weighted by atomic mass is 19.1. The first-order chi connectivity index (χ1) is 10.0. The van der Waals surface area contributed by atoms with Gasteiger partial charge in [-0.3, -0.25) is 14.6 Å². The first-order valence-electron chi connectivity index (χ1n) is 7.03. The number of hydrogen-bond acceptors (Lipinski definition) is 4. The van der Waals surface area contributed by atoms with Crippen LogP contribution in [-0.4, -0.2) is 60.7 Å². The fourth-order valence-electron chi connectivity index (χ4n) is 2.65. The largest absolute Gasteiger partial charge is 0.494 e. The van der Waals surface area contributed by atoms with Gasteiger partial charge in [0.1, 0.15) is 0 Å². The van der Waals surface area contributed by atoms with Gasteiger partial charge in [0, 0.05) is 32.2 Å². The van der Waals surface area contributed by atoms with Gasteiger partial charge in [-0.05, 0) is 24.6 Å². The summed E-state index contributed by atoms with van der Waals surface area (Å²) in [6.07, 6.45) is 0. The minimum absolute atomic E-state index is 0.0827. The molecule has 0 radical (unpaired) electrons. The van der Waals surface area contributed by atoms with E-state index in [4.69, 9.17) is 9.84 Å². The van der Waals surface area contributed by atoms with E-state index in [1.807, 2.05) is 17.9 Å². The van der Waals surface area contributed by atoms with Gasteiger partial charge in [0.2, 0.25) is 0 Å². The lowest BCUT2D eigenvalue weighted by molar-refractivity contribution is -0.138. The molecule has 1 atom stereocenters. The smallest absolute Gasteiger partial charge is 0.317 e. The molecule has 1 aliphatic rings. The van der Waals surface area contributed by atoms with E-state index in [2.05, 4.69) is 4.90 Å². The Morgan fingerprint density at radius 1 is 1.38 bits per heavy atom. The maximum atomic E-state index is 13.8. The van der Waals surface area contributed by atoms with Gasteiger partial charge < -0.3 is 9.84 Å². The molecule has 0 bridgehead atoms. The standard InChI is InChI=1S/C15H21FN2O3/c1-11(12-3-4-14(21-2)13(16)9-12)18-7-5-17(6-8-18)10-15(19)20/h3-4,9,11H,5-8,10H2,1-2H3,(H,19,20). The Bertz CT molecular complexity index is 502. The van der Waals surface area contributed by atoms with Gasteiger partial charge in [-0.25, -0.2) is 4.39 Å². The average Bonchev–Trinajstić information content (AvgIpc) is 2.46. The summed E-state index contributed by atoms with van der Waals surface area (Å²) in [4.78, 5) is 14.8. The van der Waals surface area contributed by atoms with Crippen LogP contribution >= 0.6 is 0 Å². The Hall–Kier alpha value is -1.66. The van der Waals surface area contributed by atoms with Crippen molar-refractivity contribution in [3.05, 3.63) is 29.6 Å². The third-order valence-electron chi connectivity index (χ3n) is 3.97. The van der Waals surface area contributed by atoms with Gasteiger partial charge in [0.25, 0.3) is 0 Å². The Kier molecular flexibility index (Phi) is 5.14. The van der Waals surface area contributed by atoms with Crippen LogP contribution in [0, 0.1) is 5.82 Å². The second-order valence-electron chi connectivity index (χ2n) is 5.28. The summed E-state index contributed by atoms with van der Waals surface area (Å²) < 4.78 is 18.7. The molecule has 1 N–H and O–H groups in total. The van der Waals surface area contributed by atoms with Crippen molar-refractivity contribution in [1.29, 1.82) is 0 Å². The highest BCUT2D eigenvalue weighted by molar-refractivity contribution is 5.69. The topological polar surface area (TPSA) is 53.0 Å². The molecule has 0 amide bonds. The fourth-order valence-corrected chi connectivity index (χ4v) is 2.65. The van der Waals surface area contributed by atoms with Crippen LogP contribution in [0.1, 0.15) is 18.5 Å². The molecule has 2 rings (SSSR count). The third kappa shape index (κ3) is 3.92. The molecule has 0 aliphatic carbocycles. The van der Waals surface area contributed by atoms with Crippen molar-refractivity contribution in [2.45, 2.75) is 13.0 Å². The summed E-state index contributed by atoms with van der Waals surface area (Å²) in [6, 6.07) is 5.11. The van der Waals surface area contributed by atoms with Crippen LogP contribution in [0.2, 0.25) is 0 Å². The summed E-state index contributed by atoms with van der Waals surface area (Å²) in [7, 11) is 1.45. The monoisotopic (exact) mass is 296 g/mol. The predicted octanol–water partition coefficient (Wildman–Crippen LogP) is 1.60. The molecule has 1 aromatic carbocycles. The number of ether oxygens (including phenoxy) is 1. The van der Waals surface area contributed by atoms with Gasteiger partial charge in [-0.2, -0.15) is 0 Å². The number of hydrogen-bond donors (Lipinski definition) is 1. The number of rotatable bonds is 5. The molecule has 1 aliphatic heterocycles. The first-order valence-corrected chi connectivity index (χ1v) is 7.03. The SMILES string of the molecule is COc1ccc(C(C)N2CCN(CC(=O)O)CC2)cc1F. The summed E-state index contributed by atoms with van der Waals surface area (Å²) >= 11 is 0. The molecule has 116 valence electrons. The lowest BCUT2D eigenvalue weighted by Gasteiger charge is -2.37. The molecular weight excluding hydrogens is 275 g/mol. The van der Waals surface area contributed by atoms with E-state index >= 15 is 0 Å². The molecule has 0 saturated carbocycles. The summed E-state index contributed by atoms with van der Waals surface area (Å²) in [5.74, 6) is -0.905. The zero-order valence-electron chi connectivity index (χ0n) is 12.4. The number of methoxy groups -OCH3 is 1. The van der Waals surface area contributed by atoms with Crippen molar-refractivity contribution in [2.75, 3.05) is 39.8 Å². The number of halogens is 1. The van der Waals surface area contributed by atoms with E-state index in [-0.39, 0.29) is 24.2 Å². The Morgan fingerprint density at radius 2 is 2.05 bits per heavy atom. The highest BCUT2D eigenvalue weighted by Crippen LogP contribution is 2.26. The van der Waals surface area contributed by atoms with Gasteiger partial charge in [0.05, 0.1) is 13.7 Å². The van der Waals surface area contributed by atoms with E-state index in [9.17, 15) is 9.18 Å². The number of carboxylic acids is 1. The van der Waals surface area contributed by atoms with Crippen LogP contribution in [-0.2, 0) is 4.79 Å². The maximum absolute atomic E-state index is 13.8. The number of carbonyl (C=O) groups is 1. The molecular formula is C15H21FN2O3. The third-order valence-corrected chi connectivity index (χ3v) is 3.97. The molecule has 5 nitrogen and oxygen atoms in total. The zero-order chi connectivity index (χ0) is 15.4. The minimum Gasteiger partial charge on any atom is -0.494 e. The van der Waals surface area contributed by atoms with Crippen molar-refractivity contribution in [3.63, 3.8) is 0 Å². The van der Waals surface area contributed by atoms with E-state index in [1.54, 1.807) is 6.07 Å². The number of nitrogens with zero attached hydrogens (tertiary/aromatic N) is 2. The van der Waals surface area contributed by atoms with Crippen LogP contribution in [0.4, 0.5) is 4.39 Å². The molecule has 0 aromatic heterocycles. The quantitative estimate of drug-likeness (QED) is 0.894. The fraction of sp³-hybridized carbons (Fsp3) is 0.533. The lowest BCUT2D eigenvalue weighted by atomic mass is 10.1. The summed E-state index contributed by atoms with van der Waals surface area (Å²) in [6.45, 7) is 5.11. The molecule has 21 heavy (non-hydrogen) atoms. The molecule has 1 heterocycles. The van der Waals surface area contributed by atoms with Gasteiger partial charge in [0.15, 0.2) is 11.6 Å². The number of carboxylic acid groups (broad SMARTS) is 1. The molecule has 6 heteroatoms. The number of piperazine rings is 1. The van der Waals surface area contributed by atoms with Crippen LogP contribution in [0.5, 0.6) is 5.75 Å². The van der Waals surface area contributed by atoms with Crippen LogP contribution < -0.4 is 4.74 Å². The van der Waals surface area contributed by atoms with E-state index in [1.165, 1.54) is 13.2 Å².